The summed E-state index contributed by atoms with van der Waals surface area (Å²) in [6, 6.07) is 0.945. The minimum atomic E-state index is 0.0972. The van der Waals surface area contributed by atoms with Gasteiger partial charge in [-0.25, -0.2) is 0 Å². The summed E-state index contributed by atoms with van der Waals surface area (Å²) in [6.45, 7) is 7.76. The standard InChI is InChI=1S/C10H17NO/c1-4-8-7-9(5-2)11(8)10(12)6-3/h6,8-9H,3-5,7H2,1-2H3. The highest BCUT2D eigenvalue weighted by molar-refractivity contribution is 5.88. The first-order valence-electron chi connectivity index (χ1n) is 4.69. The fourth-order valence-corrected chi connectivity index (χ4v) is 1.89. The highest BCUT2D eigenvalue weighted by Crippen LogP contribution is 2.30. The maximum atomic E-state index is 11.3. The molecule has 2 heteroatoms. The highest BCUT2D eigenvalue weighted by atomic mass is 16.2. The zero-order chi connectivity index (χ0) is 9.14. The van der Waals surface area contributed by atoms with E-state index in [-0.39, 0.29) is 5.91 Å². The van der Waals surface area contributed by atoms with E-state index in [0.717, 1.165) is 12.8 Å². The van der Waals surface area contributed by atoms with E-state index in [1.54, 1.807) is 0 Å². The molecule has 1 rings (SSSR count). The average Bonchev–Trinajstić information content (AvgIpc) is 2.04. The molecule has 2 unspecified atom stereocenters. The van der Waals surface area contributed by atoms with Gasteiger partial charge in [-0.2, -0.15) is 0 Å². The molecule has 1 amide bonds. The van der Waals surface area contributed by atoms with Crippen LogP contribution >= 0.6 is 0 Å². The number of carbonyl (C=O) groups excluding carboxylic acids is 1. The first-order chi connectivity index (χ1) is 5.74. The normalized spacial score (nSPS) is 28.0. The molecule has 12 heavy (non-hydrogen) atoms. The van der Waals surface area contributed by atoms with Crippen molar-refractivity contribution in [3.05, 3.63) is 12.7 Å². The van der Waals surface area contributed by atoms with Crippen molar-refractivity contribution < 1.29 is 4.79 Å². The summed E-state index contributed by atoms with van der Waals surface area (Å²) in [4.78, 5) is 13.3. The van der Waals surface area contributed by atoms with Crippen molar-refractivity contribution in [3.63, 3.8) is 0 Å². The molecule has 1 heterocycles. The van der Waals surface area contributed by atoms with Crippen LogP contribution in [0.25, 0.3) is 0 Å². The molecule has 68 valence electrons. The smallest absolute Gasteiger partial charge is 0.246 e. The second-order valence-corrected chi connectivity index (χ2v) is 3.31. The van der Waals surface area contributed by atoms with Gasteiger partial charge in [0, 0.05) is 12.1 Å². The number of nitrogens with zero attached hydrogens (tertiary/aromatic N) is 1. The van der Waals surface area contributed by atoms with Gasteiger partial charge in [-0.3, -0.25) is 4.79 Å². The van der Waals surface area contributed by atoms with Crippen LogP contribution in [0.2, 0.25) is 0 Å². The molecule has 0 aromatic carbocycles. The highest BCUT2D eigenvalue weighted by Gasteiger charge is 2.37. The Balaban J connectivity index is 2.57. The lowest BCUT2D eigenvalue weighted by molar-refractivity contribution is -0.139. The summed E-state index contributed by atoms with van der Waals surface area (Å²) in [5.41, 5.74) is 0. The summed E-state index contributed by atoms with van der Waals surface area (Å²) in [5, 5.41) is 0. The molecule has 1 saturated heterocycles. The van der Waals surface area contributed by atoms with Gasteiger partial charge in [0.15, 0.2) is 0 Å². The van der Waals surface area contributed by atoms with Crippen molar-refractivity contribution in [3.8, 4) is 0 Å². The molecule has 0 aliphatic carbocycles. The lowest BCUT2D eigenvalue weighted by Gasteiger charge is -2.48. The Morgan fingerprint density at radius 2 is 2.00 bits per heavy atom. The van der Waals surface area contributed by atoms with E-state index in [1.165, 1.54) is 12.5 Å². The van der Waals surface area contributed by atoms with E-state index in [1.807, 2.05) is 4.90 Å². The molecule has 2 atom stereocenters. The van der Waals surface area contributed by atoms with E-state index in [9.17, 15) is 4.79 Å². The van der Waals surface area contributed by atoms with Gasteiger partial charge in [0.2, 0.25) is 5.91 Å². The van der Waals surface area contributed by atoms with E-state index < -0.39 is 0 Å². The van der Waals surface area contributed by atoms with Crippen LogP contribution in [0.3, 0.4) is 0 Å². The molecule has 0 saturated carbocycles. The zero-order valence-corrected chi connectivity index (χ0v) is 7.92. The van der Waals surface area contributed by atoms with E-state index in [0.29, 0.717) is 12.1 Å². The number of hydrogen-bond acceptors (Lipinski definition) is 1. The molecule has 2 nitrogen and oxygen atoms in total. The van der Waals surface area contributed by atoms with Gasteiger partial charge in [-0.15, -0.1) is 0 Å². The molecule has 0 aromatic heterocycles. The minimum Gasteiger partial charge on any atom is -0.333 e. The molecular weight excluding hydrogens is 150 g/mol. The SMILES string of the molecule is C=CC(=O)N1C(CC)CC1CC. The van der Waals surface area contributed by atoms with Crippen LogP contribution in [-0.2, 0) is 4.79 Å². The number of hydrogen-bond donors (Lipinski definition) is 0. The van der Waals surface area contributed by atoms with Gasteiger partial charge in [0.05, 0.1) is 0 Å². The maximum absolute atomic E-state index is 11.3. The third-order valence-corrected chi connectivity index (χ3v) is 2.70. The van der Waals surface area contributed by atoms with E-state index in [2.05, 4.69) is 20.4 Å². The molecular formula is C10H17NO. The van der Waals surface area contributed by atoms with Gasteiger partial charge in [0.25, 0.3) is 0 Å². The average molecular weight is 167 g/mol. The largest absolute Gasteiger partial charge is 0.333 e. The van der Waals surface area contributed by atoms with Gasteiger partial charge >= 0.3 is 0 Å². The summed E-state index contributed by atoms with van der Waals surface area (Å²) in [5.74, 6) is 0.0972. The zero-order valence-electron chi connectivity index (χ0n) is 7.92. The first-order valence-corrected chi connectivity index (χ1v) is 4.69. The number of likely N-dealkylation sites (tertiary alicyclic amines) is 1. The van der Waals surface area contributed by atoms with Crippen LogP contribution in [-0.4, -0.2) is 22.9 Å². The van der Waals surface area contributed by atoms with Crippen molar-refractivity contribution in [1.82, 2.24) is 4.90 Å². The molecule has 0 spiro atoms. The molecule has 0 radical (unpaired) electrons. The van der Waals surface area contributed by atoms with Crippen LogP contribution in [0.1, 0.15) is 33.1 Å². The van der Waals surface area contributed by atoms with E-state index in [4.69, 9.17) is 0 Å². The lowest BCUT2D eigenvalue weighted by atomic mass is 9.89. The van der Waals surface area contributed by atoms with Gasteiger partial charge in [-0.1, -0.05) is 20.4 Å². The Labute approximate surface area is 74.2 Å². The van der Waals surface area contributed by atoms with Crippen molar-refractivity contribution in [1.29, 1.82) is 0 Å². The fraction of sp³-hybridized carbons (Fsp3) is 0.700. The minimum absolute atomic E-state index is 0.0972. The number of rotatable bonds is 3. The molecule has 0 bridgehead atoms. The second kappa shape index (κ2) is 3.74. The fourth-order valence-electron chi connectivity index (χ4n) is 1.89. The Morgan fingerprint density at radius 1 is 1.50 bits per heavy atom. The lowest BCUT2D eigenvalue weighted by Crippen LogP contribution is -2.57. The Morgan fingerprint density at radius 3 is 2.33 bits per heavy atom. The van der Waals surface area contributed by atoms with Gasteiger partial charge in [-0.05, 0) is 25.3 Å². The third-order valence-electron chi connectivity index (χ3n) is 2.70. The van der Waals surface area contributed by atoms with Crippen LogP contribution in [0, 0.1) is 0 Å². The van der Waals surface area contributed by atoms with Crippen LogP contribution in [0.15, 0.2) is 12.7 Å². The summed E-state index contributed by atoms with van der Waals surface area (Å²) in [7, 11) is 0. The van der Waals surface area contributed by atoms with E-state index >= 15 is 0 Å². The van der Waals surface area contributed by atoms with Crippen molar-refractivity contribution in [2.75, 3.05) is 0 Å². The van der Waals surface area contributed by atoms with Gasteiger partial charge in [0.1, 0.15) is 0 Å². The van der Waals surface area contributed by atoms with Crippen molar-refractivity contribution >= 4 is 5.91 Å². The Bertz CT molecular complexity index is 178. The van der Waals surface area contributed by atoms with Gasteiger partial charge < -0.3 is 4.90 Å². The summed E-state index contributed by atoms with van der Waals surface area (Å²) < 4.78 is 0. The molecule has 0 aromatic rings. The Hall–Kier alpha value is -0.790. The van der Waals surface area contributed by atoms with Crippen molar-refractivity contribution in [2.24, 2.45) is 0 Å². The summed E-state index contributed by atoms with van der Waals surface area (Å²) in [6.07, 6.45) is 4.73. The molecule has 0 N–H and O–H groups in total. The van der Waals surface area contributed by atoms with Crippen molar-refractivity contribution in [2.45, 2.75) is 45.2 Å². The topological polar surface area (TPSA) is 20.3 Å². The van der Waals surface area contributed by atoms with Crippen LogP contribution < -0.4 is 0 Å². The predicted octanol–water partition coefficient (Wildman–Crippen LogP) is 1.96. The van der Waals surface area contributed by atoms with Crippen LogP contribution in [0.5, 0.6) is 0 Å². The maximum Gasteiger partial charge on any atom is 0.246 e. The summed E-state index contributed by atoms with van der Waals surface area (Å²) >= 11 is 0. The molecule has 1 aliphatic rings. The predicted molar refractivity (Wildman–Crippen MR) is 49.8 cm³/mol. The number of amides is 1. The quantitative estimate of drug-likeness (QED) is 0.588. The third kappa shape index (κ3) is 1.38. The number of carbonyl (C=O) groups is 1. The molecule has 1 aliphatic heterocycles. The molecule has 1 fully saturated rings. The monoisotopic (exact) mass is 167 g/mol. The second-order valence-electron chi connectivity index (χ2n) is 3.31. The Kier molecular flexibility index (Phi) is 2.90. The first kappa shape index (κ1) is 9.30. The van der Waals surface area contributed by atoms with Crippen LogP contribution in [0.4, 0.5) is 0 Å².